The molecule has 0 radical (unpaired) electrons. The van der Waals surface area contributed by atoms with Gasteiger partial charge in [0.1, 0.15) is 11.5 Å². The fourth-order valence-corrected chi connectivity index (χ4v) is 7.23. The van der Waals surface area contributed by atoms with Gasteiger partial charge in [-0.3, -0.25) is 9.13 Å². The van der Waals surface area contributed by atoms with E-state index < -0.39 is 36.9 Å². The SMILES string of the molecule is CCc1c(P(=O)(O)O)cc(C(C)(C)C)c(O)c1C(C)(C)C.CCc1c(P(=O)(O)O)cc(C(C)(C)C)c(O)c1C(C)(C)C.[Ni]. The van der Waals surface area contributed by atoms with Crippen molar-refractivity contribution in [1.29, 1.82) is 0 Å². The molecule has 0 aliphatic carbocycles. The van der Waals surface area contributed by atoms with Gasteiger partial charge in [-0.15, -0.1) is 0 Å². The minimum Gasteiger partial charge on any atom is -0.507 e. The van der Waals surface area contributed by atoms with Crippen LogP contribution in [0.4, 0.5) is 0 Å². The van der Waals surface area contributed by atoms with Crippen molar-refractivity contribution in [3.63, 3.8) is 0 Å². The Hall–Kier alpha value is -1.17. The molecule has 11 heteroatoms. The molecule has 0 saturated carbocycles. The first kappa shape index (κ1) is 41.8. The first-order chi connectivity index (χ1) is 18.4. The Kier molecular flexibility index (Phi) is 13.3. The summed E-state index contributed by atoms with van der Waals surface area (Å²) in [7, 11) is -8.79. The van der Waals surface area contributed by atoms with Crippen LogP contribution in [0.25, 0.3) is 0 Å². The van der Waals surface area contributed by atoms with Crippen LogP contribution < -0.4 is 10.6 Å². The first-order valence-corrected chi connectivity index (χ1v) is 17.6. The minimum absolute atomic E-state index is 0. The van der Waals surface area contributed by atoms with E-state index in [9.17, 15) is 38.9 Å². The molecular formula is C32H54NiO8P2. The molecule has 0 fully saturated rings. The van der Waals surface area contributed by atoms with Gasteiger partial charge in [0.2, 0.25) is 0 Å². The second-order valence-electron chi connectivity index (χ2n) is 15.1. The van der Waals surface area contributed by atoms with Crippen LogP contribution in [-0.2, 0) is 60.1 Å². The molecule has 0 heterocycles. The predicted molar refractivity (Wildman–Crippen MR) is 173 cm³/mol. The van der Waals surface area contributed by atoms with Gasteiger partial charge in [0.05, 0.1) is 10.6 Å². The zero-order chi connectivity index (χ0) is 33.6. The van der Waals surface area contributed by atoms with E-state index in [0.29, 0.717) is 46.2 Å². The molecule has 0 saturated heterocycles. The number of rotatable bonds is 4. The Bertz CT molecular complexity index is 1290. The molecule has 2 rings (SSSR count). The van der Waals surface area contributed by atoms with E-state index in [4.69, 9.17) is 0 Å². The van der Waals surface area contributed by atoms with Crippen LogP contribution in [0.15, 0.2) is 12.1 Å². The van der Waals surface area contributed by atoms with Crippen molar-refractivity contribution in [2.45, 2.75) is 131 Å². The summed E-state index contributed by atoms with van der Waals surface area (Å²) >= 11 is 0. The third kappa shape index (κ3) is 9.91. The Morgan fingerprint density at radius 1 is 0.535 bits per heavy atom. The number of aromatic hydroxyl groups is 2. The van der Waals surface area contributed by atoms with Crippen molar-refractivity contribution >= 4 is 25.8 Å². The van der Waals surface area contributed by atoms with Gasteiger partial charge in [-0.2, -0.15) is 0 Å². The van der Waals surface area contributed by atoms with Gasteiger partial charge in [-0.25, -0.2) is 0 Å². The van der Waals surface area contributed by atoms with Gasteiger partial charge in [0.25, 0.3) is 0 Å². The van der Waals surface area contributed by atoms with Crippen LogP contribution in [-0.4, -0.2) is 29.8 Å². The number of phenols is 2. The fraction of sp³-hybridized carbons (Fsp3) is 0.625. The van der Waals surface area contributed by atoms with Crippen molar-refractivity contribution in [3.8, 4) is 11.5 Å². The Morgan fingerprint density at radius 3 is 0.907 bits per heavy atom. The van der Waals surface area contributed by atoms with E-state index >= 15 is 0 Å². The third-order valence-corrected chi connectivity index (χ3v) is 9.27. The molecule has 250 valence electrons. The van der Waals surface area contributed by atoms with Crippen LogP contribution in [0.3, 0.4) is 0 Å². The molecule has 0 aliphatic rings. The van der Waals surface area contributed by atoms with Crippen LogP contribution in [0, 0.1) is 0 Å². The second kappa shape index (κ2) is 13.7. The first-order valence-electron chi connectivity index (χ1n) is 14.3. The van der Waals surface area contributed by atoms with E-state index in [2.05, 4.69) is 0 Å². The summed E-state index contributed by atoms with van der Waals surface area (Å²) in [5, 5.41) is 21.5. The summed E-state index contributed by atoms with van der Waals surface area (Å²) < 4.78 is 23.8. The molecule has 2 aromatic rings. The minimum atomic E-state index is -4.40. The van der Waals surface area contributed by atoms with E-state index in [1.807, 2.05) is 96.9 Å². The van der Waals surface area contributed by atoms with Crippen molar-refractivity contribution in [2.24, 2.45) is 0 Å². The number of benzene rings is 2. The maximum absolute atomic E-state index is 11.9. The molecule has 6 N–H and O–H groups in total. The molecule has 43 heavy (non-hydrogen) atoms. The smallest absolute Gasteiger partial charge is 0.356 e. The number of hydrogen-bond acceptors (Lipinski definition) is 4. The monoisotopic (exact) mass is 686 g/mol. The molecule has 0 bridgehead atoms. The van der Waals surface area contributed by atoms with Crippen molar-refractivity contribution in [1.82, 2.24) is 0 Å². The second-order valence-corrected chi connectivity index (χ2v) is 18.2. The molecule has 0 aliphatic heterocycles. The van der Waals surface area contributed by atoms with Crippen LogP contribution in [0.2, 0.25) is 0 Å². The predicted octanol–water partition coefficient (Wildman–Crippen LogP) is 6.70. The van der Waals surface area contributed by atoms with Crippen LogP contribution in [0.5, 0.6) is 11.5 Å². The number of phenolic OH excluding ortho intramolecular Hbond substituents is 2. The molecule has 0 aromatic heterocycles. The normalized spacial score (nSPS) is 13.3. The average molecular weight is 687 g/mol. The average Bonchev–Trinajstić information content (AvgIpc) is 2.73. The summed E-state index contributed by atoms with van der Waals surface area (Å²) in [4.78, 5) is 38.8. The summed E-state index contributed by atoms with van der Waals surface area (Å²) in [5.74, 6) is 0.313. The molecule has 0 atom stereocenters. The van der Waals surface area contributed by atoms with Gasteiger partial charge in [-0.05, 0) is 57.8 Å². The molecule has 0 unspecified atom stereocenters. The largest absolute Gasteiger partial charge is 0.507 e. The van der Waals surface area contributed by atoms with Crippen molar-refractivity contribution < 1.29 is 55.4 Å². The van der Waals surface area contributed by atoms with Crippen molar-refractivity contribution in [2.75, 3.05) is 0 Å². The summed E-state index contributed by atoms with van der Waals surface area (Å²) in [6.45, 7) is 26.9. The van der Waals surface area contributed by atoms with Gasteiger partial charge in [-0.1, -0.05) is 96.9 Å². The van der Waals surface area contributed by atoms with E-state index in [1.165, 1.54) is 12.1 Å². The molecule has 0 spiro atoms. The maximum atomic E-state index is 11.9. The molecular weight excluding hydrogens is 633 g/mol. The Labute approximate surface area is 269 Å². The van der Waals surface area contributed by atoms with Gasteiger partial charge < -0.3 is 29.8 Å². The maximum Gasteiger partial charge on any atom is 0.356 e. The molecule has 2 aromatic carbocycles. The van der Waals surface area contributed by atoms with E-state index in [-0.39, 0.29) is 38.6 Å². The van der Waals surface area contributed by atoms with Crippen molar-refractivity contribution in [3.05, 3.63) is 45.5 Å². The van der Waals surface area contributed by atoms with Gasteiger partial charge in [0, 0.05) is 38.7 Å². The van der Waals surface area contributed by atoms with E-state index in [1.54, 1.807) is 0 Å². The Morgan fingerprint density at radius 2 is 0.767 bits per heavy atom. The standard InChI is InChI=1S/2C16H27O4P.Ni/c2*1-8-10-12(21(18,19)20)9-11(15(2,3)4)14(17)13(10)16(5,6)7;/h2*9,17H,8H2,1-7H3,(H2,18,19,20);. The van der Waals surface area contributed by atoms with Crippen LogP contribution in [0.1, 0.15) is 130 Å². The topological polar surface area (TPSA) is 156 Å². The zero-order valence-corrected chi connectivity index (χ0v) is 31.1. The Balaban J connectivity index is 0.000000802. The summed E-state index contributed by atoms with van der Waals surface area (Å²) in [5.41, 5.74) is 1.92. The molecule has 0 amide bonds. The third-order valence-electron chi connectivity index (χ3n) is 7.22. The quantitative estimate of drug-likeness (QED) is 0.153. The fourth-order valence-electron chi connectivity index (χ4n) is 5.39. The zero-order valence-electron chi connectivity index (χ0n) is 28.3. The molecule has 8 nitrogen and oxygen atoms in total. The number of hydrogen-bond donors (Lipinski definition) is 6. The van der Waals surface area contributed by atoms with E-state index in [0.717, 1.165) is 0 Å². The van der Waals surface area contributed by atoms with Crippen LogP contribution >= 0.6 is 15.2 Å². The van der Waals surface area contributed by atoms with Gasteiger partial charge >= 0.3 is 15.2 Å². The summed E-state index contributed by atoms with van der Waals surface area (Å²) in [6, 6.07) is 2.95. The van der Waals surface area contributed by atoms with Gasteiger partial charge in [0.15, 0.2) is 0 Å². The summed E-state index contributed by atoms with van der Waals surface area (Å²) in [6.07, 6.45) is 0.927.